The van der Waals surface area contributed by atoms with Gasteiger partial charge in [-0.25, -0.2) is 4.68 Å². The molecular formula is C31H26Cl2N6O3. The van der Waals surface area contributed by atoms with Crippen molar-refractivity contribution in [1.82, 2.24) is 25.0 Å². The van der Waals surface area contributed by atoms with Crippen LogP contribution >= 0.6 is 23.2 Å². The molecule has 1 saturated heterocycles. The maximum absolute atomic E-state index is 14.1. The van der Waals surface area contributed by atoms with Crippen LogP contribution in [0.15, 0.2) is 48.8 Å². The van der Waals surface area contributed by atoms with E-state index in [1.54, 1.807) is 61.0 Å². The van der Waals surface area contributed by atoms with Crippen molar-refractivity contribution in [2.75, 3.05) is 20.2 Å². The molecule has 2 aromatic carbocycles. The van der Waals surface area contributed by atoms with Crippen LogP contribution in [0.2, 0.25) is 10.0 Å². The summed E-state index contributed by atoms with van der Waals surface area (Å²) in [5.41, 5.74) is 5.07. The van der Waals surface area contributed by atoms with Gasteiger partial charge in [0.25, 0.3) is 5.91 Å². The summed E-state index contributed by atoms with van der Waals surface area (Å²) in [5, 5.41) is 18.0. The Kier molecular flexibility index (Phi) is 6.92. The van der Waals surface area contributed by atoms with Crippen molar-refractivity contribution in [2.45, 2.75) is 32.2 Å². The van der Waals surface area contributed by atoms with E-state index in [2.05, 4.69) is 16.4 Å². The molecule has 3 heterocycles. The third-order valence-electron chi connectivity index (χ3n) is 7.88. The highest BCUT2D eigenvalue weighted by atomic mass is 35.5. The molecular weight excluding hydrogens is 575 g/mol. The van der Waals surface area contributed by atoms with E-state index >= 15 is 0 Å². The topological polar surface area (TPSA) is 113 Å². The molecule has 2 aliphatic rings. The van der Waals surface area contributed by atoms with E-state index in [0.29, 0.717) is 53.0 Å². The summed E-state index contributed by atoms with van der Waals surface area (Å²) < 4.78 is 7.47. The van der Waals surface area contributed by atoms with E-state index in [4.69, 9.17) is 33.0 Å². The lowest BCUT2D eigenvalue weighted by Gasteiger charge is -2.40. The number of methoxy groups -OCH3 is 1. The smallest absolute Gasteiger partial charge is 0.275 e. The number of aryl methyl sites for hydroxylation is 1. The molecule has 1 aliphatic carbocycles. The summed E-state index contributed by atoms with van der Waals surface area (Å²) in [7, 11) is 1.60. The molecule has 0 bridgehead atoms. The first-order chi connectivity index (χ1) is 20.1. The number of carbonyl (C=O) groups is 2. The number of carbonyl (C=O) groups excluding carboxylic acids is 2. The van der Waals surface area contributed by atoms with Gasteiger partial charge >= 0.3 is 0 Å². The van der Waals surface area contributed by atoms with Crippen molar-refractivity contribution in [2.24, 2.45) is 0 Å². The summed E-state index contributed by atoms with van der Waals surface area (Å²) in [6.07, 6.45) is 4.37. The number of hydrogen-bond donors (Lipinski definition) is 1. The minimum Gasteiger partial charge on any atom is -0.496 e. The molecule has 0 radical (unpaired) electrons. The monoisotopic (exact) mass is 600 g/mol. The maximum Gasteiger partial charge on any atom is 0.275 e. The van der Waals surface area contributed by atoms with E-state index in [9.17, 15) is 14.9 Å². The van der Waals surface area contributed by atoms with Crippen LogP contribution in [0.5, 0.6) is 5.75 Å². The van der Waals surface area contributed by atoms with Gasteiger partial charge in [0, 0.05) is 57.8 Å². The number of amides is 2. The van der Waals surface area contributed by atoms with Crippen LogP contribution in [0.1, 0.15) is 41.0 Å². The van der Waals surface area contributed by atoms with Crippen molar-refractivity contribution in [3.8, 4) is 39.9 Å². The van der Waals surface area contributed by atoms with Gasteiger partial charge in [0.15, 0.2) is 5.69 Å². The van der Waals surface area contributed by atoms with Crippen LogP contribution in [0.25, 0.3) is 28.1 Å². The van der Waals surface area contributed by atoms with Crippen molar-refractivity contribution in [3.05, 3.63) is 81.2 Å². The van der Waals surface area contributed by atoms with E-state index in [1.807, 2.05) is 12.1 Å². The number of nitrogens with one attached hydrogen (secondary N) is 1. The molecule has 0 atom stereocenters. The van der Waals surface area contributed by atoms with Crippen molar-refractivity contribution < 1.29 is 14.3 Å². The minimum absolute atomic E-state index is 0.215. The molecule has 1 aliphatic heterocycles. The predicted octanol–water partition coefficient (Wildman–Crippen LogP) is 5.24. The van der Waals surface area contributed by atoms with E-state index in [-0.39, 0.29) is 17.5 Å². The highest BCUT2D eigenvalue weighted by molar-refractivity contribution is 6.34. The van der Waals surface area contributed by atoms with E-state index in [0.717, 1.165) is 33.5 Å². The fraction of sp³-hybridized carbons (Fsp3) is 0.258. The summed E-state index contributed by atoms with van der Waals surface area (Å²) in [6, 6.07) is 13.0. The van der Waals surface area contributed by atoms with Crippen molar-refractivity contribution in [3.63, 3.8) is 0 Å². The molecule has 212 valence electrons. The average molecular weight is 601 g/mol. The highest BCUT2D eigenvalue weighted by Gasteiger charge is 2.43. The molecule has 0 unspecified atom stereocenters. The number of fused-ring (bicyclic) bond motifs is 3. The number of pyridine rings is 1. The van der Waals surface area contributed by atoms with Crippen LogP contribution < -0.4 is 10.1 Å². The Bertz CT molecular complexity index is 1800. The van der Waals surface area contributed by atoms with Gasteiger partial charge in [-0.2, -0.15) is 10.4 Å². The highest BCUT2D eigenvalue weighted by Crippen LogP contribution is 2.43. The number of aromatic nitrogens is 3. The standard InChI is InChI=1S/C31H26Cl2N6O3/c1-31(2)30(41)36-6-7-38(31)29(40)27-23-5-4-18-9-26(42-3)24(19-8-17(14-34)15-35-16-19)13-25(18)28(23)39(37-27)22-11-20(32)10-21(33)12-22/h8-13,15-16H,4-7H2,1-3H3,(H,36,41). The lowest BCUT2D eigenvalue weighted by atomic mass is 9.86. The number of rotatable bonds is 4. The molecule has 2 amide bonds. The SMILES string of the molecule is COc1cc2c(cc1-c1cncc(C#N)c1)-c1c(c(C(=O)N3CCNC(=O)C3(C)C)nn1-c1cc(Cl)cc(Cl)c1)CC2. The molecule has 6 rings (SSSR count). The summed E-state index contributed by atoms with van der Waals surface area (Å²) >= 11 is 12.8. The van der Waals surface area contributed by atoms with Gasteiger partial charge in [-0.05, 0) is 68.7 Å². The quantitative estimate of drug-likeness (QED) is 0.343. The number of piperazine rings is 1. The lowest BCUT2D eigenvalue weighted by molar-refractivity contribution is -0.133. The molecule has 0 saturated carbocycles. The molecule has 0 spiro atoms. The fourth-order valence-electron chi connectivity index (χ4n) is 5.72. The summed E-state index contributed by atoms with van der Waals surface area (Å²) in [6.45, 7) is 4.19. The third kappa shape index (κ3) is 4.57. The summed E-state index contributed by atoms with van der Waals surface area (Å²) in [4.78, 5) is 32.7. The van der Waals surface area contributed by atoms with Gasteiger partial charge in [0.05, 0.1) is 24.1 Å². The first kappa shape index (κ1) is 27.8. The molecule has 1 fully saturated rings. The van der Waals surface area contributed by atoms with Gasteiger partial charge < -0.3 is 15.0 Å². The second-order valence-corrected chi connectivity index (χ2v) is 11.6. The van der Waals surface area contributed by atoms with Crippen LogP contribution in [0, 0.1) is 11.3 Å². The van der Waals surface area contributed by atoms with Crippen LogP contribution in [0.4, 0.5) is 0 Å². The Hall–Kier alpha value is -4.39. The number of hydrogen-bond acceptors (Lipinski definition) is 6. The predicted molar refractivity (Wildman–Crippen MR) is 159 cm³/mol. The van der Waals surface area contributed by atoms with Crippen LogP contribution in [0.3, 0.4) is 0 Å². The van der Waals surface area contributed by atoms with Gasteiger partial charge in [0.1, 0.15) is 17.4 Å². The zero-order valence-corrected chi connectivity index (χ0v) is 24.7. The lowest BCUT2D eigenvalue weighted by Crippen LogP contribution is -2.63. The van der Waals surface area contributed by atoms with Crippen LogP contribution in [-0.4, -0.2) is 57.2 Å². The zero-order valence-electron chi connectivity index (χ0n) is 23.2. The van der Waals surface area contributed by atoms with E-state index in [1.165, 1.54) is 6.20 Å². The maximum atomic E-state index is 14.1. The first-order valence-corrected chi connectivity index (χ1v) is 14.1. The zero-order chi connectivity index (χ0) is 29.8. The van der Waals surface area contributed by atoms with E-state index < -0.39 is 5.54 Å². The number of ether oxygens (including phenoxy) is 1. The molecule has 11 heteroatoms. The second-order valence-electron chi connectivity index (χ2n) is 10.8. The molecule has 9 nitrogen and oxygen atoms in total. The van der Waals surface area contributed by atoms with Crippen molar-refractivity contribution >= 4 is 35.0 Å². The number of benzene rings is 2. The second kappa shape index (κ2) is 10.5. The third-order valence-corrected chi connectivity index (χ3v) is 8.31. The van der Waals surface area contributed by atoms with Gasteiger partial charge in [0.2, 0.25) is 5.91 Å². The largest absolute Gasteiger partial charge is 0.496 e. The van der Waals surface area contributed by atoms with Gasteiger partial charge in [-0.1, -0.05) is 23.2 Å². The normalized spacial score (nSPS) is 15.3. The number of halogens is 2. The van der Waals surface area contributed by atoms with Crippen LogP contribution in [-0.2, 0) is 17.6 Å². The first-order valence-electron chi connectivity index (χ1n) is 13.4. The average Bonchev–Trinajstić information content (AvgIpc) is 3.37. The Morgan fingerprint density at radius 3 is 2.55 bits per heavy atom. The number of nitrogens with zero attached hydrogens (tertiary/aromatic N) is 5. The Morgan fingerprint density at radius 1 is 1.07 bits per heavy atom. The fourth-order valence-corrected chi connectivity index (χ4v) is 6.23. The minimum atomic E-state index is -1.04. The Balaban J connectivity index is 1.60. The van der Waals surface area contributed by atoms with Crippen molar-refractivity contribution in [1.29, 1.82) is 5.26 Å². The molecule has 42 heavy (non-hydrogen) atoms. The Morgan fingerprint density at radius 2 is 1.83 bits per heavy atom. The Labute approximate surface area is 252 Å². The molecule has 2 aromatic heterocycles. The number of nitriles is 1. The van der Waals surface area contributed by atoms with Gasteiger partial charge in [-0.3, -0.25) is 14.6 Å². The summed E-state index contributed by atoms with van der Waals surface area (Å²) in [5.74, 6) is 0.108. The molecule has 4 aromatic rings. The van der Waals surface area contributed by atoms with Gasteiger partial charge in [-0.15, -0.1) is 0 Å². The molecule has 1 N–H and O–H groups in total.